The van der Waals surface area contributed by atoms with Gasteiger partial charge in [-0.1, -0.05) is 36.9 Å². The maximum absolute atomic E-state index is 11.7. The lowest BCUT2D eigenvalue weighted by atomic mass is 9.89. The topological polar surface area (TPSA) is 52.6 Å². The molecule has 1 fully saturated rings. The molecule has 1 aliphatic rings. The van der Waals surface area contributed by atoms with E-state index in [1.54, 1.807) is 18.2 Å². The molecular weight excluding hydrogens is 268 g/mol. The van der Waals surface area contributed by atoms with Gasteiger partial charge in [0.25, 0.3) is 0 Å². The minimum Gasteiger partial charge on any atom is -0.247 e. The molecule has 0 amide bonds. The Hall–Kier alpha value is -1.55. The highest BCUT2D eigenvalue weighted by Crippen LogP contribution is 2.24. The van der Waals surface area contributed by atoms with E-state index in [0.29, 0.717) is 5.02 Å². The van der Waals surface area contributed by atoms with Gasteiger partial charge in [0.15, 0.2) is 0 Å². The molecule has 1 aliphatic carbocycles. The van der Waals surface area contributed by atoms with E-state index in [9.17, 15) is 9.59 Å². The summed E-state index contributed by atoms with van der Waals surface area (Å²) in [7, 11) is 0. The van der Waals surface area contributed by atoms with Gasteiger partial charge in [0.1, 0.15) is 0 Å². The summed E-state index contributed by atoms with van der Waals surface area (Å²) in [6.07, 6.45) is 4.77. The van der Waals surface area contributed by atoms with Crippen molar-refractivity contribution in [1.82, 2.24) is 0 Å². The second-order valence-electron chi connectivity index (χ2n) is 4.62. The summed E-state index contributed by atoms with van der Waals surface area (Å²) in [6.45, 7) is 0. The first-order valence-corrected chi connectivity index (χ1v) is 6.73. The van der Waals surface area contributed by atoms with E-state index >= 15 is 0 Å². The Balaban J connectivity index is 1.84. The Morgan fingerprint density at radius 1 is 1.11 bits per heavy atom. The van der Waals surface area contributed by atoms with Gasteiger partial charge in [0.2, 0.25) is 0 Å². The van der Waals surface area contributed by atoms with E-state index in [-0.39, 0.29) is 11.5 Å². The first-order valence-electron chi connectivity index (χ1n) is 6.35. The van der Waals surface area contributed by atoms with Gasteiger partial charge in [0.05, 0.1) is 11.5 Å². The molecule has 0 saturated heterocycles. The van der Waals surface area contributed by atoms with Crippen molar-refractivity contribution in [2.75, 3.05) is 0 Å². The fourth-order valence-electron chi connectivity index (χ4n) is 2.15. The molecule has 0 aromatic heterocycles. The summed E-state index contributed by atoms with van der Waals surface area (Å²) in [4.78, 5) is 32.5. The number of carbonyl (C=O) groups excluding carboxylic acids is 2. The molecule has 0 unspecified atom stereocenters. The van der Waals surface area contributed by atoms with Crippen LogP contribution in [-0.4, -0.2) is 11.9 Å². The molecule has 0 N–H and O–H groups in total. The highest BCUT2D eigenvalue weighted by molar-refractivity contribution is 6.30. The molecule has 2 rings (SSSR count). The zero-order valence-corrected chi connectivity index (χ0v) is 11.2. The number of rotatable bonds is 2. The van der Waals surface area contributed by atoms with Crippen LogP contribution < -0.4 is 0 Å². The molecule has 0 bridgehead atoms. The van der Waals surface area contributed by atoms with Gasteiger partial charge in [-0.05, 0) is 31.0 Å². The Kier molecular flexibility index (Phi) is 4.80. The van der Waals surface area contributed by atoms with Crippen LogP contribution in [0.25, 0.3) is 0 Å². The van der Waals surface area contributed by atoms with Crippen molar-refractivity contribution in [1.29, 1.82) is 0 Å². The van der Waals surface area contributed by atoms with Crippen molar-refractivity contribution in [3.63, 3.8) is 0 Å². The highest BCUT2D eigenvalue weighted by Gasteiger charge is 2.24. The average molecular weight is 283 g/mol. The second-order valence-corrected chi connectivity index (χ2v) is 5.05. The van der Waals surface area contributed by atoms with Crippen molar-refractivity contribution >= 4 is 23.5 Å². The van der Waals surface area contributed by atoms with E-state index in [0.717, 1.165) is 32.1 Å². The number of carbonyl (C=O) groups is 2. The Bertz CT molecular complexity index is 466. The van der Waals surface area contributed by atoms with E-state index in [2.05, 4.69) is 9.78 Å². The van der Waals surface area contributed by atoms with E-state index in [1.807, 2.05) is 0 Å². The van der Waals surface area contributed by atoms with Crippen LogP contribution in [0.2, 0.25) is 5.02 Å². The minimum atomic E-state index is -0.716. The summed E-state index contributed by atoms with van der Waals surface area (Å²) in [6, 6.07) is 6.27. The number of halogens is 1. The Labute approximate surface area is 116 Å². The van der Waals surface area contributed by atoms with Gasteiger partial charge < -0.3 is 0 Å². The molecule has 0 radical (unpaired) electrons. The van der Waals surface area contributed by atoms with Crippen LogP contribution in [0.1, 0.15) is 42.5 Å². The minimum absolute atomic E-state index is 0.152. The first kappa shape index (κ1) is 13.9. The fraction of sp³-hybridized carbons (Fsp3) is 0.429. The van der Waals surface area contributed by atoms with Gasteiger partial charge in [-0.2, -0.15) is 0 Å². The zero-order chi connectivity index (χ0) is 13.7. The standard InChI is InChI=1S/C14H15ClO4/c15-12-8-4-7-11(9-12)14(17)19-18-13(16)10-5-2-1-3-6-10/h4,7-10H,1-3,5-6H2. The summed E-state index contributed by atoms with van der Waals surface area (Å²) in [5.41, 5.74) is 0.254. The first-order chi connectivity index (χ1) is 9.16. The van der Waals surface area contributed by atoms with Crippen molar-refractivity contribution < 1.29 is 19.4 Å². The summed E-state index contributed by atoms with van der Waals surface area (Å²) >= 11 is 5.76. The third-order valence-corrected chi connectivity index (χ3v) is 3.43. The van der Waals surface area contributed by atoms with Gasteiger partial charge >= 0.3 is 11.9 Å². The molecule has 4 nitrogen and oxygen atoms in total. The molecule has 0 aliphatic heterocycles. The normalized spacial score (nSPS) is 15.8. The summed E-state index contributed by atoms with van der Waals surface area (Å²) in [5, 5.41) is 0.424. The molecule has 19 heavy (non-hydrogen) atoms. The summed E-state index contributed by atoms with van der Waals surface area (Å²) in [5.74, 6) is -1.33. The maximum atomic E-state index is 11.7. The molecule has 5 heteroatoms. The van der Waals surface area contributed by atoms with Crippen LogP contribution in [0.15, 0.2) is 24.3 Å². The van der Waals surface area contributed by atoms with Crippen LogP contribution in [-0.2, 0) is 14.6 Å². The predicted molar refractivity (Wildman–Crippen MR) is 69.5 cm³/mol. The van der Waals surface area contributed by atoms with Crippen molar-refractivity contribution in [3.05, 3.63) is 34.9 Å². The predicted octanol–water partition coefficient (Wildman–Crippen LogP) is 3.54. The van der Waals surface area contributed by atoms with Gasteiger partial charge in [-0.25, -0.2) is 19.4 Å². The zero-order valence-electron chi connectivity index (χ0n) is 10.4. The molecular formula is C14H15ClO4. The van der Waals surface area contributed by atoms with Gasteiger partial charge in [0, 0.05) is 5.02 Å². The van der Waals surface area contributed by atoms with Gasteiger partial charge in [-0.3, -0.25) is 0 Å². The smallest absolute Gasteiger partial charge is 0.247 e. The largest absolute Gasteiger partial charge is 0.386 e. The van der Waals surface area contributed by atoms with Crippen molar-refractivity contribution in [3.8, 4) is 0 Å². The SMILES string of the molecule is O=C(OOC(=O)C1CCCCC1)c1cccc(Cl)c1. The van der Waals surface area contributed by atoms with Crippen molar-refractivity contribution in [2.24, 2.45) is 5.92 Å². The number of hydrogen-bond acceptors (Lipinski definition) is 4. The maximum Gasteiger partial charge on any atom is 0.386 e. The Morgan fingerprint density at radius 3 is 2.53 bits per heavy atom. The van der Waals surface area contributed by atoms with Crippen molar-refractivity contribution in [2.45, 2.75) is 32.1 Å². The van der Waals surface area contributed by atoms with Crippen LogP contribution in [0.3, 0.4) is 0 Å². The lowest BCUT2D eigenvalue weighted by molar-refractivity contribution is -0.239. The van der Waals surface area contributed by atoms with E-state index in [1.165, 1.54) is 6.07 Å². The molecule has 0 heterocycles. The van der Waals surface area contributed by atoms with Crippen LogP contribution >= 0.6 is 11.6 Å². The van der Waals surface area contributed by atoms with E-state index in [4.69, 9.17) is 11.6 Å². The highest BCUT2D eigenvalue weighted by atomic mass is 35.5. The quantitative estimate of drug-likeness (QED) is 0.615. The van der Waals surface area contributed by atoms with Crippen LogP contribution in [0.5, 0.6) is 0 Å². The fourth-order valence-corrected chi connectivity index (χ4v) is 2.34. The molecule has 0 spiro atoms. The molecule has 1 aromatic rings. The third-order valence-electron chi connectivity index (χ3n) is 3.20. The Morgan fingerprint density at radius 2 is 1.84 bits per heavy atom. The molecule has 1 aromatic carbocycles. The van der Waals surface area contributed by atoms with Crippen LogP contribution in [0.4, 0.5) is 0 Å². The lowest BCUT2D eigenvalue weighted by Crippen LogP contribution is -2.22. The third kappa shape index (κ3) is 3.96. The van der Waals surface area contributed by atoms with Crippen LogP contribution in [0, 0.1) is 5.92 Å². The molecule has 0 atom stereocenters. The molecule has 102 valence electrons. The lowest BCUT2D eigenvalue weighted by Gasteiger charge is -2.18. The second kappa shape index (κ2) is 6.57. The van der Waals surface area contributed by atoms with Gasteiger partial charge in [-0.15, -0.1) is 0 Å². The summed E-state index contributed by atoms with van der Waals surface area (Å²) < 4.78 is 0. The van der Waals surface area contributed by atoms with E-state index < -0.39 is 11.9 Å². The molecule has 1 saturated carbocycles. The monoisotopic (exact) mass is 282 g/mol. The number of hydrogen-bond donors (Lipinski definition) is 0. The average Bonchev–Trinajstić information content (AvgIpc) is 2.45. The number of benzene rings is 1.